The molecule has 0 radical (unpaired) electrons. The van der Waals surface area contributed by atoms with Gasteiger partial charge in [-0.25, -0.2) is 4.98 Å². The Balaban J connectivity index is 2.39. The molecule has 0 aliphatic carbocycles. The van der Waals surface area contributed by atoms with Crippen molar-refractivity contribution in [2.45, 2.75) is 27.3 Å². The molecule has 0 spiro atoms. The summed E-state index contributed by atoms with van der Waals surface area (Å²) in [5.41, 5.74) is 2.84. The van der Waals surface area contributed by atoms with Gasteiger partial charge < -0.3 is 14.6 Å². The van der Waals surface area contributed by atoms with Gasteiger partial charge >= 0.3 is 0 Å². The molecule has 1 aromatic carbocycles. The van der Waals surface area contributed by atoms with E-state index in [-0.39, 0.29) is 0 Å². The van der Waals surface area contributed by atoms with Crippen molar-refractivity contribution in [1.82, 2.24) is 9.55 Å². The number of aromatic nitrogens is 2. The minimum atomic E-state index is 0.692. The van der Waals surface area contributed by atoms with Crippen LogP contribution in [0.2, 0.25) is 5.02 Å². The highest BCUT2D eigenvalue weighted by atomic mass is 35.5. The van der Waals surface area contributed by atoms with Gasteiger partial charge in [-0.3, -0.25) is 0 Å². The highest BCUT2D eigenvalue weighted by Gasteiger charge is 2.10. The monoisotopic (exact) mass is 279 g/mol. The Hall–Kier alpha value is -1.68. The zero-order valence-corrected chi connectivity index (χ0v) is 12.4. The van der Waals surface area contributed by atoms with Gasteiger partial charge in [0.1, 0.15) is 5.75 Å². The lowest BCUT2D eigenvalue weighted by molar-refractivity contribution is 0.416. The number of hydrogen-bond acceptors (Lipinski definition) is 3. The van der Waals surface area contributed by atoms with Gasteiger partial charge in [0, 0.05) is 23.8 Å². The van der Waals surface area contributed by atoms with Gasteiger partial charge in [0.2, 0.25) is 5.95 Å². The average molecular weight is 280 g/mol. The molecule has 1 aromatic heterocycles. The molecule has 4 nitrogen and oxygen atoms in total. The van der Waals surface area contributed by atoms with Crippen LogP contribution >= 0.6 is 11.6 Å². The molecule has 0 atom stereocenters. The fourth-order valence-corrected chi connectivity index (χ4v) is 2.09. The molecule has 1 N–H and O–H groups in total. The maximum atomic E-state index is 6.10. The number of ether oxygens (including phenoxy) is 1. The fourth-order valence-electron chi connectivity index (χ4n) is 1.94. The maximum absolute atomic E-state index is 6.10. The summed E-state index contributed by atoms with van der Waals surface area (Å²) < 4.78 is 7.40. The third kappa shape index (κ3) is 2.84. The number of benzene rings is 1. The Labute approximate surface area is 118 Å². The number of nitrogens with one attached hydrogen (secondary N) is 1. The van der Waals surface area contributed by atoms with E-state index in [0.717, 1.165) is 29.4 Å². The Morgan fingerprint density at radius 1 is 1.37 bits per heavy atom. The molecule has 0 saturated carbocycles. The second-order valence-electron chi connectivity index (χ2n) is 4.42. The van der Waals surface area contributed by atoms with E-state index in [1.807, 2.05) is 32.2 Å². The van der Waals surface area contributed by atoms with Crippen LogP contribution in [0.3, 0.4) is 0 Å². The lowest BCUT2D eigenvalue weighted by Crippen LogP contribution is -2.03. The second kappa shape index (κ2) is 5.53. The first kappa shape index (κ1) is 13.7. The van der Waals surface area contributed by atoms with E-state index in [1.54, 1.807) is 7.11 Å². The van der Waals surface area contributed by atoms with E-state index in [1.165, 1.54) is 0 Å². The largest absolute Gasteiger partial charge is 0.495 e. The first-order chi connectivity index (χ1) is 9.05. The third-order valence-corrected chi connectivity index (χ3v) is 3.37. The smallest absolute Gasteiger partial charge is 0.207 e. The number of rotatable bonds is 4. The average Bonchev–Trinajstić information content (AvgIpc) is 2.73. The van der Waals surface area contributed by atoms with E-state index >= 15 is 0 Å². The summed E-state index contributed by atoms with van der Waals surface area (Å²) >= 11 is 6.10. The van der Waals surface area contributed by atoms with Crippen LogP contribution in [0.4, 0.5) is 11.6 Å². The van der Waals surface area contributed by atoms with Crippen molar-refractivity contribution in [1.29, 1.82) is 0 Å². The predicted molar refractivity (Wildman–Crippen MR) is 78.7 cm³/mol. The number of methoxy groups -OCH3 is 1. The molecule has 0 saturated heterocycles. The highest BCUT2D eigenvalue weighted by Crippen LogP contribution is 2.32. The summed E-state index contributed by atoms with van der Waals surface area (Å²) in [7, 11) is 1.63. The molecule has 2 aromatic rings. The summed E-state index contributed by atoms with van der Waals surface area (Å²) in [6.45, 7) is 6.88. The molecule has 0 bridgehead atoms. The number of aryl methyl sites for hydroxylation is 3. The maximum Gasteiger partial charge on any atom is 0.207 e. The van der Waals surface area contributed by atoms with Crippen LogP contribution < -0.4 is 10.1 Å². The van der Waals surface area contributed by atoms with E-state index < -0.39 is 0 Å². The molecular formula is C14H18ClN3O. The van der Waals surface area contributed by atoms with Gasteiger partial charge in [0.25, 0.3) is 0 Å². The van der Waals surface area contributed by atoms with Gasteiger partial charge in [-0.15, -0.1) is 0 Å². The Kier molecular flexibility index (Phi) is 4.00. The lowest BCUT2D eigenvalue weighted by atomic mass is 10.2. The fraction of sp³-hybridized carbons (Fsp3) is 0.357. The summed E-state index contributed by atoms with van der Waals surface area (Å²) in [5, 5.41) is 3.99. The summed E-state index contributed by atoms with van der Waals surface area (Å²) in [5.74, 6) is 1.51. The minimum absolute atomic E-state index is 0.692. The van der Waals surface area contributed by atoms with Crippen molar-refractivity contribution in [3.8, 4) is 5.75 Å². The number of nitrogens with zero attached hydrogens (tertiary/aromatic N) is 2. The van der Waals surface area contributed by atoms with E-state index in [0.29, 0.717) is 10.8 Å². The molecule has 0 aliphatic rings. The van der Waals surface area contributed by atoms with Crippen LogP contribution in [-0.2, 0) is 6.54 Å². The molecule has 0 aliphatic heterocycles. The Morgan fingerprint density at radius 2 is 2.11 bits per heavy atom. The molecule has 5 heteroatoms. The first-order valence-corrected chi connectivity index (χ1v) is 6.58. The SMILES string of the molecule is CCn1cc(C)nc1Nc1cc(C)c(Cl)cc1OC. The summed E-state index contributed by atoms with van der Waals surface area (Å²) in [4.78, 5) is 4.47. The van der Waals surface area contributed by atoms with Gasteiger partial charge in [-0.05, 0) is 32.4 Å². The lowest BCUT2D eigenvalue weighted by Gasteiger charge is -2.13. The molecule has 102 valence electrons. The summed E-state index contributed by atoms with van der Waals surface area (Å²) in [6, 6.07) is 3.77. The van der Waals surface area contributed by atoms with Gasteiger partial charge in [-0.2, -0.15) is 0 Å². The van der Waals surface area contributed by atoms with Crippen molar-refractivity contribution in [2.75, 3.05) is 12.4 Å². The number of imidazole rings is 1. The van der Waals surface area contributed by atoms with Crippen molar-refractivity contribution >= 4 is 23.2 Å². The topological polar surface area (TPSA) is 39.1 Å². The standard InChI is InChI=1S/C14H18ClN3O/c1-5-18-8-10(3)16-14(18)17-12-6-9(2)11(15)7-13(12)19-4/h6-8H,5H2,1-4H3,(H,16,17). The quantitative estimate of drug-likeness (QED) is 0.922. The number of anilines is 2. The molecule has 0 fully saturated rings. The Bertz CT molecular complexity index is 593. The molecular weight excluding hydrogens is 262 g/mol. The van der Waals surface area contributed by atoms with Gasteiger partial charge in [-0.1, -0.05) is 11.6 Å². The predicted octanol–water partition coefficient (Wildman–Crippen LogP) is 3.93. The second-order valence-corrected chi connectivity index (χ2v) is 4.83. The molecule has 1 heterocycles. The van der Waals surface area contributed by atoms with Crippen molar-refractivity contribution in [3.63, 3.8) is 0 Å². The van der Waals surface area contributed by atoms with Gasteiger partial charge in [0.05, 0.1) is 18.5 Å². The molecule has 19 heavy (non-hydrogen) atoms. The van der Waals surface area contributed by atoms with E-state index in [2.05, 4.69) is 21.8 Å². The van der Waals surface area contributed by atoms with Crippen molar-refractivity contribution < 1.29 is 4.74 Å². The van der Waals surface area contributed by atoms with E-state index in [9.17, 15) is 0 Å². The first-order valence-electron chi connectivity index (χ1n) is 6.20. The van der Waals surface area contributed by atoms with E-state index in [4.69, 9.17) is 16.3 Å². The Morgan fingerprint density at radius 3 is 2.74 bits per heavy atom. The van der Waals surface area contributed by atoms with Crippen LogP contribution in [0, 0.1) is 13.8 Å². The van der Waals surface area contributed by atoms with Crippen molar-refractivity contribution in [2.24, 2.45) is 0 Å². The van der Waals surface area contributed by atoms with Crippen LogP contribution in [-0.4, -0.2) is 16.7 Å². The van der Waals surface area contributed by atoms with Gasteiger partial charge in [0.15, 0.2) is 0 Å². The zero-order chi connectivity index (χ0) is 14.0. The number of halogens is 1. The van der Waals surface area contributed by atoms with Crippen LogP contribution in [0.5, 0.6) is 5.75 Å². The third-order valence-electron chi connectivity index (χ3n) is 2.96. The normalized spacial score (nSPS) is 10.6. The van der Waals surface area contributed by atoms with Crippen molar-refractivity contribution in [3.05, 3.63) is 34.6 Å². The number of hydrogen-bond donors (Lipinski definition) is 1. The zero-order valence-electron chi connectivity index (χ0n) is 11.6. The van der Waals surface area contributed by atoms with Crippen LogP contribution in [0.25, 0.3) is 0 Å². The highest BCUT2D eigenvalue weighted by molar-refractivity contribution is 6.31. The van der Waals surface area contributed by atoms with Crippen LogP contribution in [0.15, 0.2) is 18.3 Å². The molecule has 0 unspecified atom stereocenters. The summed E-state index contributed by atoms with van der Waals surface area (Å²) in [6.07, 6.45) is 2.01. The minimum Gasteiger partial charge on any atom is -0.495 e. The molecule has 0 amide bonds. The molecule has 2 rings (SSSR count). The van der Waals surface area contributed by atoms with Crippen LogP contribution in [0.1, 0.15) is 18.2 Å².